The third kappa shape index (κ3) is 3.27. The van der Waals surface area contributed by atoms with Crippen molar-refractivity contribution in [1.29, 1.82) is 0 Å². The molecule has 6 heteroatoms. The topological polar surface area (TPSA) is 78.9 Å². The van der Waals surface area contributed by atoms with E-state index < -0.39 is 17.8 Å². The van der Waals surface area contributed by atoms with Crippen molar-refractivity contribution in [3.05, 3.63) is 12.2 Å². The summed E-state index contributed by atoms with van der Waals surface area (Å²) in [6.07, 6.45) is 4.61. The van der Waals surface area contributed by atoms with Gasteiger partial charge in [0.25, 0.3) is 0 Å². The van der Waals surface area contributed by atoms with E-state index in [1.807, 2.05) is 12.2 Å². The summed E-state index contributed by atoms with van der Waals surface area (Å²) in [4.78, 5) is 25.8. The van der Waals surface area contributed by atoms with Gasteiger partial charge in [0.15, 0.2) is 0 Å². The summed E-state index contributed by atoms with van der Waals surface area (Å²) in [6, 6.07) is 0. The molecule has 0 aromatic rings. The maximum absolute atomic E-state index is 12.8. The van der Waals surface area contributed by atoms with Crippen LogP contribution in [0, 0.1) is 23.7 Å². The zero-order valence-corrected chi connectivity index (χ0v) is 12.5. The molecule has 6 nitrogen and oxygen atoms in total. The Kier molecular flexibility index (Phi) is 5.36. The number of carbonyl (C=O) groups excluding carboxylic acids is 2. The summed E-state index contributed by atoms with van der Waals surface area (Å²) < 4.78 is 10.0. The van der Waals surface area contributed by atoms with Gasteiger partial charge < -0.3 is 24.3 Å². The summed E-state index contributed by atoms with van der Waals surface area (Å²) in [7, 11) is 3.15. The number of aliphatic carboxylic acids is 1. The van der Waals surface area contributed by atoms with Crippen LogP contribution in [-0.4, -0.2) is 57.3 Å². The van der Waals surface area contributed by atoms with Crippen LogP contribution in [0.5, 0.6) is 0 Å². The Bertz CT molecular complexity index is 414. The maximum atomic E-state index is 12.8. The number of carbonyl (C=O) groups is 2. The van der Waals surface area contributed by atoms with Gasteiger partial charge in [0.1, 0.15) is 0 Å². The number of hydrogen-bond acceptors (Lipinski definition) is 5. The van der Waals surface area contributed by atoms with Crippen LogP contribution < -0.4 is 5.11 Å². The van der Waals surface area contributed by atoms with Crippen molar-refractivity contribution in [2.45, 2.75) is 6.42 Å². The van der Waals surface area contributed by atoms with Crippen molar-refractivity contribution in [3.63, 3.8) is 0 Å². The van der Waals surface area contributed by atoms with E-state index in [2.05, 4.69) is 0 Å². The zero-order chi connectivity index (χ0) is 15.4. The Morgan fingerprint density at radius 1 is 1.10 bits per heavy atom. The second-order valence-corrected chi connectivity index (χ2v) is 5.63. The van der Waals surface area contributed by atoms with Crippen LogP contribution in [-0.2, 0) is 19.1 Å². The number of nitrogens with zero attached hydrogens (tertiary/aromatic N) is 1. The maximum Gasteiger partial charge on any atom is 0.227 e. The van der Waals surface area contributed by atoms with Gasteiger partial charge in [0.05, 0.1) is 19.1 Å². The number of ether oxygens (including phenoxy) is 2. The van der Waals surface area contributed by atoms with Crippen molar-refractivity contribution in [1.82, 2.24) is 4.90 Å². The van der Waals surface area contributed by atoms with Crippen LogP contribution in [0.1, 0.15) is 6.42 Å². The van der Waals surface area contributed by atoms with Gasteiger partial charge >= 0.3 is 0 Å². The zero-order valence-electron chi connectivity index (χ0n) is 12.5. The highest BCUT2D eigenvalue weighted by molar-refractivity contribution is 5.86. The first-order valence-electron chi connectivity index (χ1n) is 7.26. The molecule has 0 heterocycles. The Labute approximate surface area is 124 Å². The minimum atomic E-state index is -1.12. The molecule has 1 fully saturated rings. The Morgan fingerprint density at radius 3 is 2.10 bits per heavy atom. The molecule has 0 saturated heterocycles. The number of rotatable bonds is 8. The highest BCUT2D eigenvalue weighted by atomic mass is 16.5. The third-order valence-electron chi connectivity index (χ3n) is 4.46. The number of allylic oxidation sites excluding steroid dienone is 2. The van der Waals surface area contributed by atoms with E-state index >= 15 is 0 Å². The fraction of sp³-hybridized carbons (Fsp3) is 0.733. The minimum Gasteiger partial charge on any atom is -0.550 e. The molecule has 0 aromatic heterocycles. The normalized spacial score (nSPS) is 29.8. The first-order valence-corrected chi connectivity index (χ1v) is 7.26. The summed E-state index contributed by atoms with van der Waals surface area (Å²) in [5, 5.41) is 11.4. The number of hydrogen-bond donors (Lipinski definition) is 0. The predicted octanol–water partition coefficient (Wildman–Crippen LogP) is -0.704. The molecular weight excluding hydrogens is 274 g/mol. The number of carboxylic acids is 1. The second-order valence-electron chi connectivity index (χ2n) is 5.63. The van der Waals surface area contributed by atoms with Crippen LogP contribution in [0.25, 0.3) is 0 Å². The predicted molar refractivity (Wildman–Crippen MR) is 73.1 cm³/mol. The molecule has 0 aromatic carbocycles. The van der Waals surface area contributed by atoms with E-state index in [1.54, 1.807) is 19.1 Å². The van der Waals surface area contributed by atoms with Crippen molar-refractivity contribution in [3.8, 4) is 0 Å². The Morgan fingerprint density at radius 2 is 1.62 bits per heavy atom. The van der Waals surface area contributed by atoms with Crippen LogP contribution in [0.15, 0.2) is 12.2 Å². The van der Waals surface area contributed by atoms with E-state index in [0.717, 1.165) is 6.42 Å². The van der Waals surface area contributed by atoms with E-state index in [9.17, 15) is 14.7 Å². The molecule has 4 atom stereocenters. The van der Waals surface area contributed by atoms with Crippen LogP contribution >= 0.6 is 0 Å². The largest absolute Gasteiger partial charge is 0.550 e. The Hall–Kier alpha value is -1.40. The van der Waals surface area contributed by atoms with E-state index in [-0.39, 0.29) is 17.7 Å². The van der Waals surface area contributed by atoms with E-state index in [1.165, 1.54) is 0 Å². The second kappa shape index (κ2) is 7.04. The lowest BCUT2D eigenvalue weighted by Gasteiger charge is -2.33. The van der Waals surface area contributed by atoms with E-state index in [4.69, 9.17) is 9.47 Å². The lowest BCUT2D eigenvalue weighted by molar-refractivity contribution is -0.313. The fourth-order valence-corrected chi connectivity index (χ4v) is 3.43. The van der Waals surface area contributed by atoms with Gasteiger partial charge in [0.2, 0.25) is 5.91 Å². The summed E-state index contributed by atoms with van der Waals surface area (Å²) in [6.45, 7) is 1.72. The number of carboxylic acid groups (broad SMARTS) is 1. The molecule has 0 N–H and O–H groups in total. The molecule has 0 spiro atoms. The molecule has 118 valence electrons. The molecule has 1 saturated carbocycles. The molecule has 0 unspecified atom stereocenters. The first kappa shape index (κ1) is 16.0. The lowest BCUT2D eigenvalue weighted by Crippen LogP contribution is -2.48. The molecule has 2 aliphatic rings. The molecular formula is C15H22NO5-. The number of methoxy groups -OCH3 is 2. The van der Waals surface area contributed by atoms with E-state index in [0.29, 0.717) is 26.3 Å². The average molecular weight is 296 g/mol. The molecule has 1 amide bonds. The first-order chi connectivity index (χ1) is 10.1. The smallest absolute Gasteiger partial charge is 0.227 e. The molecule has 2 rings (SSSR count). The quantitative estimate of drug-likeness (QED) is 0.553. The van der Waals surface area contributed by atoms with Gasteiger partial charge in [-0.15, -0.1) is 0 Å². The number of amides is 1. The average Bonchev–Trinajstić information content (AvgIpc) is 3.07. The van der Waals surface area contributed by atoms with Crippen molar-refractivity contribution in [2.24, 2.45) is 23.7 Å². The van der Waals surface area contributed by atoms with Crippen LogP contribution in [0.2, 0.25) is 0 Å². The van der Waals surface area contributed by atoms with Gasteiger partial charge in [0, 0.05) is 39.2 Å². The minimum absolute atomic E-state index is 0.0120. The Balaban J connectivity index is 2.11. The van der Waals surface area contributed by atoms with Gasteiger partial charge in [-0.25, -0.2) is 0 Å². The molecule has 0 aliphatic heterocycles. The molecule has 2 bridgehead atoms. The fourth-order valence-electron chi connectivity index (χ4n) is 3.43. The third-order valence-corrected chi connectivity index (χ3v) is 4.46. The van der Waals surface area contributed by atoms with Gasteiger partial charge in [-0.1, -0.05) is 12.2 Å². The SMILES string of the molecule is COCCN(CCOC)C(=O)[C@H]1[C@H](C(=O)[O-])[C@@H]2C=C[C@H]1C2. The molecule has 0 radical (unpaired) electrons. The molecule has 21 heavy (non-hydrogen) atoms. The molecule has 2 aliphatic carbocycles. The summed E-state index contributed by atoms with van der Waals surface area (Å²) in [5.41, 5.74) is 0. The van der Waals surface area contributed by atoms with Gasteiger partial charge in [-0.2, -0.15) is 0 Å². The van der Waals surface area contributed by atoms with Gasteiger partial charge in [-0.05, 0) is 18.3 Å². The van der Waals surface area contributed by atoms with Crippen molar-refractivity contribution >= 4 is 11.9 Å². The highest BCUT2D eigenvalue weighted by Gasteiger charge is 2.49. The van der Waals surface area contributed by atoms with Crippen molar-refractivity contribution in [2.75, 3.05) is 40.5 Å². The highest BCUT2D eigenvalue weighted by Crippen LogP contribution is 2.48. The summed E-state index contributed by atoms with van der Waals surface area (Å²) >= 11 is 0. The van der Waals surface area contributed by atoms with Gasteiger partial charge in [-0.3, -0.25) is 4.79 Å². The van der Waals surface area contributed by atoms with Crippen molar-refractivity contribution < 1.29 is 24.2 Å². The lowest BCUT2D eigenvalue weighted by atomic mass is 9.82. The van der Waals surface area contributed by atoms with Crippen LogP contribution in [0.3, 0.4) is 0 Å². The monoisotopic (exact) mass is 296 g/mol. The van der Waals surface area contributed by atoms with Crippen LogP contribution in [0.4, 0.5) is 0 Å². The standard InChI is InChI=1S/C15H23NO5/c1-20-7-5-16(6-8-21-2)14(17)12-10-3-4-11(9-10)13(12)15(18)19/h3-4,10-13H,5-9H2,1-2H3,(H,18,19)/p-1/t10-,11+,12+,13+/m0/s1. The number of fused-ring (bicyclic) bond motifs is 2. The summed E-state index contributed by atoms with van der Waals surface area (Å²) in [5.74, 6) is -2.53.